The van der Waals surface area contributed by atoms with Crippen molar-refractivity contribution in [3.8, 4) is 0 Å². The van der Waals surface area contributed by atoms with E-state index in [4.69, 9.17) is 14.0 Å². The minimum Gasteiger partial charge on any atom is -0.442 e. The lowest BCUT2D eigenvalue weighted by Crippen LogP contribution is -2.41. The summed E-state index contributed by atoms with van der Waals surface area (Å²) in [6, 6.07) is 5.36. The van der Waals surface area contributed by atoms with Gasteiger partial charge < -0.3 is 14.0 Å². The van der Waals surface area contributed by atoms with Gasteiger partial charge in [0.1, 0.15) is 11.3 Å². The van der Waals surface area contributed by atoms with Crippen LogP contribution in [0.3, 0.4) is 0 Å². The first-order chi connectivity index (χ1) is 12.7. The Bertz CT molecular complexity index is 939. The fraction of sp³-hybridized carbons (Fsp3) is 0.550. The van der Waals surface area contributed by atoms with E-state index in [0.29, 0.717) is 10.9 Å². The van der Waals surface area contributed by atoms with Crippen LogP contribution in [-0.2, 0) is 14.0 Å². The highest BCUT2D eigenvalue weighted by atomic mass is 16.7. The highest BCUT2D eigenvalue weighted by Gasteiger charge is 2.51. The normalized spacial score (nSPS) is 18.5. The van der Waals surface area contributed by atoms with Crippen molar-refractivity contribution >= 4 is 35.4 Å². The summed E-state index contributed by atoms with van der Waals surface area (Å²) in [5.74, 6) is -0.226. The molecule has 1 aliphatic rings. The molecule has 1 fully saturated rings. The van der Waals surface area contributed by atoms with E-state index < -0.39 is 30.0 Å². The Morgan fingerprint density at radius 3 is 2.18 bits per heavy atom. The van der Waals surface area contributed by atoms with Gasteiger partial charge >= 0.3 is 13.2 Å². The van der Waals surface area contributed by atoms with Gasteiger partial charge in [0.25, 0.3) is 0 Å². The van der Waals surface area contributed by atoms with Gasteiger partial charge in [-0.2, -0.15) is 9.78 Å². The molecular formula is C20H27BN2O5. The second-order valence-corrected chi connectivity index (χ2v) is 9.16. The highest BCUT2D eigenvalue weighted by Crippen LogP contribution is 2.36. The molecule has 0 N–H and O–H groups in total. The SMILES string of the molecule is CC(=O)c1nn(C(=O)OC(C)(C)C)c2cc(B3OC(C)(C)C(C)(C)O3)ccc12. The molecule has 0 amide bonds. The first kappa shape index (κ1) is 20.5. The van der Waals surface area contributed by atoms with E-state index in [1.165, 1.54) is 6.92 Å². The lowest BCUT2D eigenvalue weighted by molar-refractivity contribution is 0.00578. The van der Waals surface area contributed by atoms with Gasteiger partial charge in [-0.05, 0) is 60.0 Å². The number of hydrogen-bond acceptors (Lipinski definition) is 6. The van der Waals surface area contributed by atoms with Crippen LogP contribution in [0.5, 0.6) is 0 Å². The van der Waals surface area contributed by atoms with E-state index in [2.05, 4.69) is 5.10 Å². The average Bonchev–Trinajstić information content (AvgIpc) is 3.00. The molecule has 0 atom stereocenters. The van der Waals surface area contributed by atoms with Gasteiger partial charge in [0.2, 0.25) is 0 Å². The molecule has 28 heavy (non-hydrogen) atoms. The molecule has 2 heterocycles. The van der Waals surface area contributed by atoms with Crippen LogP contribution in [0, 0.1) is 0 Å². The van der Waals surface area contributed by atoms with Crippen LogP contribution in [0.15, 0.2) is 18.2 Å². The molecular weight excluding hydrogens is 359 g/mol. The highest BCUT2D eigenvalue weighted by molar-refractivity contribution is 6.62. The number of ether oxygens (including phenoxy) is 1. The number of fused-ring (bicyclic) bond motifs is 1. The van der Waals surface area contributed by atoms with Gasteiger partial charge in [0, 0.05) is 12.3 Å². The molecule has 1 aromatic heterocycles. The molecule has 0 saturated carbocycles. The predicted molar refractivity (Wildman–Crippen MR) is 107 cm³/mol. The molecule has 1 aromatic carbocycles. The second kappa shape index (κ2) is 6.42. The Kier molecular flexibility index (Phi) is 4.71. The summed E-state index contributed by atoms with van der Waals surface area (Å²) in [5, 5.41) is 4.79. The zero-order valence-corrected chi connectivity index (χ0v) is 17.7. The van der Waals surface area contributed by atoms with Crippen molar-refractivity contribution in [1.29, 1.82) is 0 Å². The number of Topliss-reactive ketones (excluding diaryl/α,β-unsaturated/α-hetero) is 1. The van der Waals surface area contributed by atoms with E-state index in [-0.39, 0.29) is 11.5 Å². The molecule has 0 radical (unpaired) electrons. The van der Waals surface area contributed by atoms with Crippen LogP contribution >= 0.6 is 0 Å². The Morgan fingerprint density at radius 2 is 1.68 bits per heavy atom. The van der Waals surface area contributed by atoms with Gasteiger partial charge in [0.15, 0.2) is 5.78 Å². The number of nitrogens with zero attached hydrogens (tertiary/aromatic N) is 2. The number of carbonyl (C=O) groups excluding carboxylic acids is 2. The zero-order valence-electron chi connectivity index (χ0n) is 17.7. The molecule has 0 spiro atoms. The third kappa shape index (κ3) is 3.58. The Morgan fingerprint density at radius 1 is 1.11 bits per heavy atom. The van der Waals surface area contributed by atoms with Crippen molar-refractivity contribution in [1.82, 2.24) is 9.78 Å². The summed E-state index contributed by atoms with van der Waals surface area (Å²) in [5.41, 5.74) is -0.209. The van der Waals surface area contributed by atoms with Crippen LogP contribution < -0.4 is 5.46 Å². The number of aromatic nitrogens is 2. The molecule has 0 bridgehead atoms. The second-order valence-electron chi connectivity index (χ2n) is 9.16. The van der Waals surface area contributed by atoms with Crippen LogP contribution in [0.4, 0.5) is 4.79 Å². The quantitative estimate of drug-likeness (QED) is 0.582. The first-order valence-corrected chi connectivity index (χ1v) is 9.34. The van der Waals surface area contributed by atoms with Crippen molar-refractivity contribution in [2.45, 2.75) is 72.2 Å². The Labute approximate surface area is 165 Å². The van der Waals surface area contributed by atoms with Crippen molar-refractivity contribution < 1.29 is 23.6 Å². The van der Waals surface area contributed by atoms with Gasteiger partial charge in [0.05, 0.1) is 16.7 Å². The van der Waals surface area contributed by atoms with Crippen molar-refractivity contribution in [3.63, 3.8) is 0 Å². The standard InChI is InChI=1S/C20H27BN2O5/c1-12(24)16-14-10-9-13(21-27-19(5,6)20(7,8)28-21)11-15(14)23(22-16)17(25)26-18(2,3)4/h9-11H,1-8H3. The molecule has 1 aliphatic heterocycles. The van der Waals surface area contributed by atoms with Crippen molar-refractivity contribution in [2.75, 3.05) is 0 Å². The smallest absolute Gasteiger partial charge is 0.442 e. The first-order valence-electron chi connectivity index (χ1n) is 9.34. The minimum absolute atomic E-state index is 0.223. The van der Waals surface area contributed by atoms with E-state index in [1.807, 2.05) is 33.8 Å². The third-order valence-corrected chi connectivity index (χ3v) is 5.13. The lowest BCUT2D eigenvalue weighted by Gasteiger charge is -2.32. The molecule has 0 aliphatic carbocycles. The monoisotopic (exact) mass is 386 g/mol. The maximum absolute atomic E-state index is 12.7. The summed E-state index contributed by atoms with van der Waals surface area (Å²) >= 11 is 0. The number of carbonyl (C=O) groups is 2. The maximum atomic E-state index is 12.7. The minimum atomic E-state index is -0.685. The van der Waals surface area contributed by atoms with Crippen LogP contribution in [-0.4, -0.2) is 45.6 Å². The molecule has 0 unspecified atom stereocenters. The molecule has 150 valence electrons. The summed E-state index contributed by atoms with van der Waals surface area (Å²) < 4.78 is 18.8. The molecule has 1 saturated heterocycles. The number of ketones is 1. The zero-order chi connectivity index (χ0) is 21.1. The summed E-state index contributed by atoms with van der Waals surface area (Å²) in [4.78, 5) is 24.7. The summed E-state index contributed by atoms with van der Waals surface area (Å²) in [6.07, 6.45) is -0.643. The van der Waals surface area contributed by atoms with Gasteiger partial charge in [-0.15, -0.1) is 0 Å². The number of benzene rings is 1. The molecule has 2 aromatic rings. The summed E-state index contributed by atoms with van der Waals surface area (Å²) in [7, 11) is -0.586. The van der Waals surface area contributed by atoms with Crippen LogP contribution in [0.1, 0.15) is 65.9 Å². The lowest BCUT2D eigenvalue weighted by atomic mass is 9.78. The van der Waals surface area contributed by atoms with E-state index >= 15 is 0 Å². The van der Waals surface area contributed by atoms with E-state index in [9.17, 15) is 9.59 Å². The van der Waals surface area contributed by atoms with Crippen LogP contribution in [0.25, 0.3) is 10.9 Å². The van der Waals surface area contributed by atoms with Gasteiger partial charge in [-0.3, -0.25) is 4.79 Å². The molecule has 3 rings (SSSR count). The average molecular weight is 386 g/mol. The topological polar surface area (TPSA) is 79.7 Å². The van der Waals surface area contributed by atoms with Crippen molar-refractivity contribution in [3.05, 3.63) is 23.9 Å². The van der Waals surface area contributed by atoms with Crippen molar-refractivity contribution in [2.24, 2.45) is 0 Å². The fourth-order valence-corrected chi connectivity index (χ4v) is 2.96. The van der Waals surface area contributed by atoms with Gasteiger partial charge in [-0.25, -0.2) is 4.79 Å². The number of rotatable bonds is 2. The predicted octanol–water partition coefficient (Wildman–Crippen LogP) is 3.32. The van der Waals surface area contributed by atoms with Crippen LogP contribution in [0.2, 0.25) is 0 Å². The van der Waals surface area contributed by atoms with E-state index in [1.54, 1.807) is 32.9 Å². The largest absolute Gasteiger partial charge is 0.494 e. The number of hydrogen-bond donors (Lipinski definition) is 0. The fourth-order valence-electron chi connectivity index (χ4n) is 2.96. The van der Waals surface area contributed by atoms with E-state index in [0.717, 1.165) is 10.1 Å². The Hall–Kier alpha value is -2.19. The summed E-state index contributed by atoms with van der Waals surface area (Å²) in [6.45, 7) is 14.7. The third-order valence-electron chi connectivity index (χ3n) is 5.13. The Balaban J connectivity index is 2.09. The maximum Gasteiger partial charge on any atom is 0.494 e. The van der Waals surface area contributed by atoms with Gasteiger partial charge in [-0.1, -0.05) is 12.1 Å². The molecule has 8 heteroatoms. The molecule has 7 nitrogen and oxygen atoms in total.